The highest BCUT2D eigenvalue weighted by atomic mass is 16.6. The third-order valence-corrected chi connectivity index (χ3v) is 2.77. The van der Waals surface area contributed by atoms with Gasteiger partial charge in [-0.05, 0) is 26.3 Å². The summed E-state index contributed by atoms with van der Waals surface area (Å²) >= 11 is 0. The molecule has 0 amide bonds. The van der Waals surface area contributed by atoms with Crippen molar-refractivity contribution < 1.29 is 14.6 Å². The zero-order valence-electron chi connectivity index (χ0n) is 8.69. The lowest BCUT2D eigenvalue weighted by Gasteiger charge is -2.41. The van der Waals surface area contributed by atoms with Gasteiger partial charge >= 0.3 is 0 Å². The van der Waals surface area contributed by atoms with Crippen LogP contribution in [0.2, 0.25) is 0 Å². The van der Waals surface area contributed by atoms with E-state index in [1.165, 1.54) is 0 Å². The minimum Gasteiger partial charge on any atom is -0.495 e. The first-order valence-electron chi connectivity index (χ1n) is 4.99. The lowest BCUT2D eigenvalue weighted by Crippen LogP contribution is -2.51. The normalized spacial score (nSPS) is 31.7. The molecular weight excluding hydrogens is 182 g/mol. The lowest BCUT2D eigenvalue weighted by molar-refractivity contribution is -0.171. The molecule has 0 spiro atoms. The summed E-state index contributed by atoms with van der Waals surface area (Å²) in [7, 11) is 0. The van der Waals surface area contributed by atoms with Gasteiger partial charge in [-0.1, -0.05) is 0 Å². The second-order valence-corrected chi connectivity index (χ2v) is 4.35. The third kappa shape index (κ3) is 1.60. The molecule has 0 aliphatic carbocycles. The van der Waals surface area contributed by atoms with Gasteiger partial charge in [0.25, 0.3) is 0 Å². The number of aliphatic hydroxyl groups excluding tert-OH is 1. The second-order valence-electron chi connectivity index (χ2n) is 4.35. The predicted molar refractivity (Wildman–Crippen MR) is 51.8 cm³/mol. The molecule has 0 bridgehead atoms. The van der Waals surface area contributed by atoms with Crippen molar-refractivity contribution in [3.8, 4) is 0 Å². The average molecular weight is 199 g/mol. The van der Waals surface area contributed by atoms with Crippen molar-refractivity contribution in [1.82, 2.24) is 4.90 Å². The molecule has 4 heteroatoms. The van der Waals surface area contributed by atoms with Crippen molar-refractivity contribution in [2.75, 3.05) is 19.8 Å². The van der Waals surface area contributed by atoms with Crippen molar-refractivity contribution in [3.63, 3.8) is 0 Å². The van der Waals surface area contributed by atoms with E-state index in [9.17, 15) is 5.11 Å². The molecule has 2 aliphatic rings. The highest BCUT2D eigenvalue weighted by Gasteiger charge is 2.39. The zero-order chi connectivity index (χ0) is 10.2. The van der Waals surface area contributed by atoms with Gasteiger partial charge in [-0.25, -0.2) is 0 Å². The summed E-state index contributed by atoms with van der Waals surface area (Å²) in [6.07, 6.45) is 2.54. The van der Waals surface area contributed by atoms with E-state index in [-0.39, 0.29) is 11.8 Å². The molecule has 1 N–H and O–H groups in total. The molecule has 14 heavy (non-hydrogen) atoms. The van der Waals surface area contributed by atoms with Crippen LogP contribution in [0.15, 0.2) is 12.0 Å². The summed E-state index contributed by atoms with van der Waals surface area (Å²) in [5, 5.41) is 9.73. The van der Waals surface area contributed by atoms with Crippen LogP contribution in [0.4, 0.5) is 0 Å². The van der Waals surface area contributed by atoms with E-state index >= 15 is 0 Å². The number of ether oxygens (including phenoxy) is 2. The molecule has 0 aromatic carbocycles. The Bertz CT molecular complexity index is 244. The van der Waals surface area contributed by atoms with Crippen molar-refractivity contribution in [2.45, 2.75) is 32.0 Å². The van der Waals surface area contributed by atoms with Gasteiger partial charge in [-0.3, -0.25) is 0 Å². The number of hydrogen-bond acceptors (Lipinski definition) is 4. The molecule has 2 aliphatic heterocycles. The van der Waals surface area contributed by atoms with E-state index < -0.39 is 0 Å². The van der Waals surface area contributed by atoms with E-state index in [0.717, 1.165) is 6.42 Å². The molecular formula is C10H17NO3. The minimum atomic E-state index is -0.141. The Balaban J connectivity index is 2.10. The van der Waals surface area contributed by atoms with Gasteiger partial charge < -0.3 is 19.5 Å². The Kier molecular flexibility index (Phi) is 2.41. The van der Waals surface area contributed by atoms with Crippen LogP contribution in [0.5, 0.6) is 0 Å². The average Bonchev–Trinajstić information content (AvgIpc) is 2.42. The molecule has 0 saturated carbocycles. The van der Waals surface area contributed by atoms with Crippen LogP contribution in [-0.2, 0) is 9.47 Å². The Morgan fingerprint density at radius 1 is 1.50 bits per heavy atom. The number of aliphatic hydroxyl groups is 1. The highest BCUT2D eigenvalue weighted by molar-refractivity contribution is 5.10. The Morgan fingerprint density at radius 2 is 2.29 bits per heavy atom. The van der Waals surface area contributed by atoms with Gasteiger partial charge in [0.05, 0.1) is 19.8 Å². The van der Waals surface area contributed by atoms with Crippen molar-refractivity contribution in [2.24, 2.45) is 0 Å². The van der Waals surface area contributed by atoms with Crippen LogP contribution >= 0.6 is 0 Å². The first kappa shape index (κ1) is 9.80. The molecule has 1 unspecified atom stereocenters. The van der Waals surface area contributed by atoms with Crippen molar-refractivity contribution in [3.05, 3.63) is 12.0 Å². The van der Waals surface area contributed by atoms with Crippen LogP contribution < -0.4 is 0 Å². The minimum absolute atomic E-state index is 0.0740. The van der Waals surface area contributed by atoms with Crippen LogP contribution in [0.25, 0.3) is 0 Å². The molecule has 0 aromatic heterocycles. The van der Waals surface area contributed by atoms with E-state index in [0.29, 0.717) is 25.7 Å². The fourth-order valence-corrected chi connectivity index (χ4v) is 2.01. The second kappa shape index (κ2) is 3.44. The van der Waals surface area contributed by atoms with Gasteiger partial charge in [-0.2, -0.15) is 0 Å². The summed E-state index contributed by atoms with van der Waals surface area (Å²) in [6, 6.07) is 0. The first-order valence-corrected chi connectivity index (χ1v) is 4.99. The maximum Gasteiger partial charge on any atom is 0.185 e. The van der Waals surface area contributed by atoms with Gasteiger partial charge in [0.1, 0.15) is 0 Å². The molecule has 1 fully saturated rings. The fourth-order valence-electron chi connectivity index (χ4n) is 2.01. The lowest BCUT2D eigenvalue weighted by atomic mass is 10.0. The molecule has 2 heterocycles. The fraction of sp³-hybridized carbons (Fsp3) is 0.800. The smallest absolute Gasteiger partial charge is 0.185 e. The number of rotatable bonds is 1. The molecule has 80 valence electrons. The summed E-state index contributed by atoms with van der Waals surface area (Å²) in [5.41, 5.74) is -0.0740. The maximum absolute atomic E-state index is 9.73. The van der Waals surface area contributed by atoms with Crippen molar-refractivity contribution in [1.29, 1.82) is 0 Å². The van der Waals surface area contributed by atoms with Crippen molar-refractivity contribution >= 4 is 0 Å². The van der Waals surface area contributed by atoms with Crippen LogP contribution in [0, 0.1) is 0 Å². The molecule has 2 rings (SSSR count). The zero-order valence-corrected chi connectivity index (χ0v) is 8.69. The monoisotopic (exact) mass is 199 g/mol. The Hall–Kier alpha value is -0.740. The molecule has 1 saturated heterocycles. The summed E-state index contributed by atoms with van der Waals surface area (Å²) < 4.78 is 10.9. The quantitative estimate of drug-likeness (QED) is 0.690. The first-order chi connectivity index (χ1) is 6.61. The highest BCUT2D eigenvalue weighted by Crippen LogP contribution is 2.33. The van der Waals surface area contributed by atoms with Crippen LogP contribution in [0.3, 0.4) is 0 Å². The largest absolute Gasteiger partial charge is 0.495 e. The summed E-state index contributed by atoms with van der Waals surface area (Å²) in [6.45, 7) is 5.95. The molecule has 0 radical (unpaired) electrons. The van der Waals surface area contributed by atoms with Gasteiger partial charge in [-0.15, -0.1) is 0 Å². The Labute approximate surface area is 84.1 Å². The van der Waals surface area contributed by atoms with E-state index in [4.69, 9.17) is 9.47 Å². The maximum atomic E-state index is 9.73. The van der Waals surface area contributed by atoms with E-state index in [1.54, 1.807) is 0 Å². The molecule has 4 nitrogen and oxygen atoms in total. The predicted octanol–water partition coefficient (Wildman–Crippen LogP) is 1.24. The van der Waals surface area contributed by atoms with Crippen LogP contribution in [-0.4, -0.2) is 41.6 Å². The van der Waals surface area contributed by atoms with Gasteiger partial charge in [0.15, 0.2) is 12.1 Å². The topological polar surface area (TPSA) is 41.9 Å². The number of hydrogen-bond donors (Lipinski definition) is 1. The molecule has 1 atom stereocenters. The number of nitrogens with zero attached hydrogens (tertiary/aromatic N) is 1. The summed E-state index contributed by atoms with van der Waals surface area (Å²) in [4.78, 5) is 1.90. The SMILES string of the molecule is CC1(C)CC=C(O)N1C1COCCO1. The molecule has 0 aromatic rings. The third-order valence-electron chi connectivity index (χ3n) is 2.77. The van der Waals surface area contributed by atoms with Gasteiger partial charge in [0.2, 0.25) is 0 Å². The van der Waals surface area contributed by atoms with E-state index in [1.807, 2.05) is 11.0 Å². The van der Waals surface area contributed by atoms with Crippen LogP contribution in [0.1, 0.15) is 20.3 Å². The summed E-state index contributed by atoms with van der Waals surface area (Å²) in [5.74, 6) is 0.311. The van der Waals surface area contributed by atoms with E-state index in [2.05, 4.69) is 13.8 Å². The Morgan fingerprint density at radius 3 is 2.79 bits per heavy atom. The van der Waals surface area contributed by atoms with Gasteiger partial charge in [0, 0.05) is 5.54 Å². The standard InChI is InChI=1S/C10H17NO3/c1-10(2)4-3-8(12)11(10)9-7-13-5-6-14-9/h3,9,12H,4-7H2,1-2H3.